The molecule has 0 radical (unpaired) electrons. The first kappa shape index (κ1) is 15.3. The molecule has 2 heterocycles. The van der Waals surface area contributed by atoms with Gasteiger partial charge < -0.3 is 15.1 Å². The normalized spacial score (nSPS) is 24.2. The second-order valence-electron chi connectivity index (χ2n) is 7.47. The minimum absolute atomic E-state index is 0.258. The third-order valence-corrected chi connectivity index (χ3v) is 4.51. The lowest BCUT2D eigenvalue weighted by atomic mass is 9.96. The van der Waals surface area contributed by atoms with Crippen LogP contribution >= 0.6 is 0 Å². The largest absolute Gasteiger partial charge is 0.311 e. The predicted molar refractivity (Wildman–Crippen MR) is 82.6 cm³/mol. The van der Waals surface area contributed by atoms with Gasteiger partial charge in [0, 0.05) is 25.2 Å². The SMILES string of the molecule is CC(C)(C)NCCN1CCC(CN2CCCC2)CC1. The van der Waals surface area contributed by atoms with Crippen LogP contribution in [0.5, 0.6) is 0 Å². The van der Waals surface area contributed by atoms with Crippen LogP contribution in [0.25, 0.3) is 0 Å². The van der Waals surface area contributed by atoms with Crippen LogP contribution in [0, 0.1) is 5.92 Å². The third kappa shape index (κ3) is 5.80. The Balaban J connectivity index is 1.57. The van der Waals surface area contributed by atoms with Crippen molar-refractivity contribution in [2.75, 3.05) is 45.8 Å². The van der Waals surface area contributed by atoms with Crippen LogP contribution in [-0.2, 0) is 0 Å². The van der Waals surface area contributed by atoms with Crippen molar-refractivity contribution < 1.29 is 0 Å². The summed E-state index contributed by atoms with van der Waals surface area (Å²) < 4.78 is 0. The summed E-state index contributed by atoms with van der Waals surface area (Å²) in [5, 5.41) is 3.59. The smallest absolute Gasteiger partial charge is 0.0107 e. The summed E-state index contributed by atoms with van der Waals surface area (Å²) in [6, 6.07) is 0. The van der Waals surface area contributed by atoms with Crippen molar-refractivity contribution in [2.24, 2.45) is 5.92 Å². The van der Waals surface area contributed by atoms with Gasteiger partial charge in [0.15, 0.2) is 0 Å². The van der Waals surface area contributed by atoms with Crippen molar-refractivity contribution in [3.05, 3.63) is 0 Å². The summed E-state index contributed by atoms with van der Waals surface area (Å²) in [6.07, 6.45) is 5.67. The quantitative estimate of drug-likeness (QED) is 0.824. The Hall–Kier alpha value is -0.120. The highest BCUT2D eigenvalue weighted by Crippen LogP contribution is 2.20. The average Bonchev–Trinajstić information content (AvgIpc) is 2.83. The molecule has 0 amide bonds. The number of piperidine rings is 1. The first-order chi connectivity index (χ1) is 9.03. The van der Waals surface area contributed by atoms with Gasteiger partial charge in [-0.1, -0.05) is 0 Å². The van der Waals surface area contributed by atoms with Gasteiger partial charge in [-0.25, -0.2) is 0 Å². The summed E-state index contributed by atoms with van der Waals surface area (Å²) in [7, 11) is 0. The monoisotopic (exact) mass is 267 g/mol. The second-order valence-corrected chi connectivity index (χ2v) is 7.47. The van der Waals surface area contributed by atoms with Gasteiger partial charge in [0.05, 0.1) is 0 Å². The molecule has 0 aromatic carbocycles. The Morgan fingerprint density at radius 3 is 2.16 bits per heavy atom. The molecule has 1 N–H and O–H groups in total. The molecule has 0 unspecified atom stereocenters. The second kappa shape index (κ2) is 7.05. The predicted octanol–water partition coefficient (Wildman–Crippen LogP) is 2.18. The van der Waals surface area contributed by atoms with E-state index in [-0.39, 0.29) is 5.54 Å². The van der Waals surface area contributed by atoms with E-state index in [1.54, 1.807) is 0 Å². The van der Waals surface area contributed by atoms with Crippen molar-refractivity contribution in [1.82, 2.24) is 15.1 Å². The van der Waals surface area contributed by atoms with Crippen LogP contribution < -0.4 is 5.32 Å². The minimum atomic E-state index is 0.258. The lowest BCUT2D eigenvalue weighted by Crippen LogP contribution is -2.44. The highest BCUT2D eigenvalue weighted by atomic mass is 15.2. The number of nitrogens with one attached hydrogen (secondary N) is 1. The topological polar surface area (TPSA) is 18.5 Å². The first-order valence-corrected chi connectivity index (χ1v) is 8.23. The standard InChI is InChI=1S/C16H33N3/c1-16(2,3)17-8-13-18-11-6-15(7-12-18)14-19-9-4-5-10-19/h15,17H,4-14H2,1-3H3. The molecule has 2 fully saturated rings. The Morgan fingerprint density at radius 2 is 1.58 bits per heavy atom. The zero-order chi connectivity index (χ0) is 13.7. The molecule has 0 aromatic heterocycles. The number of nitrogens with zero attached hydrogens (tertiary/aromatic N) is 2. The molecule has 0 saturated carbocycles. The molecule has 0 bridgehead atoms. The zero-order valence-corrected chi connectivity index (χ0v) is 13.2. The molecule has 0 aromatic rings. The average molecular weight is 267 g/mol. The third-order valence-electron chi connectivity index (χ3n) is 4.51. The van der Waals surface area contributed by atoms with E-state index in [9.17, 15) is 0 Å². The molecule has 2 saturated heterocycles. The van der Waals surface area contributed by atoms with Crippen LogP contribution in [-0.4, -0.2) is 61.2 Å². The first-order valence-electron chi connectivity index (χ1n) is 8.23. The Labute approximate surface area is 119 Å². The van der Waals surface area contributed by atoms with E-state index in [0.29, 0.717) is 0 Å². The molecule has 3 nitrogen and oxygen atoms in total. The van der Waals surface area contributed by atoms with Gasteiger partial charge in [-0.15, -0.1) is 0 Å². The van der Waals surface area contributed by atoms with Crippen molar-refractivity contribution >= 4 is 0 Å². The van der Waals surface area contributed by atoms with Crippen LogP contribution in [0.2, 0.25) is 0 Å². The lowest BCUT2D eigenvalue weighted by molar-refractivity contribution is 0.152. The number of rotatable bonds is 5. The number of hydrogen-bond acceptors (Lipinski definition) is 3. The Bertz CT molecular complexity index is 245. The fourth-order valence-electron chi connectivity index (χ4n) is 3.31. The number of likely N-dealkylation sites (tertiary alicyclic amines) is 2. The molecule has 0 atom stereocenters. The van der Waals surface area contributed by atoms with Gasteiger partial charge in [-0.2, -0.15) is 0 Å². The van der Waals surface area contributed by atoms with E-state index >= 15 is 0 Å². The molecule has 0 aliphatic carbocycles. The van der Waals surface area contributed by atoms with Gasteiger partial charge in [0.25, 0.3) is 0 Å². The summed E-state index contributed by atoms with van der Waals surface area (Å²) in [6.45, 7) is 15.8. The van der Waals surface area contributed by atoms with Gasteiger partial charge in [-0.3, -0.25) is 0 Å². The van der Waals surface area contributed by atoms with Crippen molar-refractivity contribution in [2.45, 2.75) is 52.0 Å². The molecule has 3 heteroatoms. The highest BCUT2D eigenvalue weighted by molar-refractivity contribution is 4.78. The van der Waals surface area contributed by atoms with Gasteiger partial charge in [0.1, 0.15) is 0 Å². The lowest BCUT2D eigenvalue weighted by Gasteiger charge is -2.34. The van der Waals surface area contributed by atoms with Crippen molar-refractivity contribution in [3.63, 3.8) is 0 Å². The maximum absolute atomic E-state index is 3.59. The summed E-state index contributed by atoms with van der Waals surface area (Å²) >= 11 is 0. The van der Waals surface area contributed by atoms with Gasteiger partial charge >= 0.3 is 0 Å². The van der Waals surface area contributed by atoms with Gasteiger partial charge in [0.2, 0.25) is 0 Å². The highest BCUT2D eigenvalue weighted by Gasteiger charge is 2.22. The molecule has 2 aliphatic heterocycles. The fourth-order valence-corrected chi connectivity index (χ4v) is 3.31. The maximum atomic E-state index is 3.59. The maximum Gasteiger partial charge on any atom is 0.0107 e. The van der Waals surface area contributed by atoms with Crippen LogP contribution in [0.15, 0.2) is 0 Å². The van der Waals surface area contributed by atoms with Gasteiger partial charge in [-0.05, 0) is 78.6 Å². The molecule has 2 aliphatic rings. The molecule has 0 spiro atoms. The summed E-state index contributed by atoms with van der Waals surface area (Å²) in [5.74, 6) is 0.963. The molecular formula is C16H33N3. The van der Waals surface area contributed by atoms with E-state index < -0.39 is 0 Å². The summed E-state index contributed by atoms with van der Waals surface area (Å²) in [4.78, 5) is 5.32. The van der Waals surface area contributed by atoms with Crippen LogP contribution in [0.3, 0.4) is 0 Å². The Morgan fingerprint density at radius 1 is 0.947 bits per heavy atom. The summed E-state index contributed by atoms with van der Waals surface area (Å²) in [5.41, 5.74) is 0.258. The van der Waals surface area contributed by atoms with E-state index in [1.165, 1.54) is 65.0 Å². The fraction of sp³-hybridized carbons (Fsp3) is 1.00. The van der Waals surface area contributed by atoms with E-state index in [0.717, 1.165) is 12.5 Å². The Kier molecular flexibility index (Phi) is 5.67. The minimum Gasteiger partial charge on any atom is -0.311 e. The van der Waals surface area contributed by atoms with Crippen molar-refractivity contribution in [1.29, 1.82) is 0 Å². The molecule has 19 heavy (non-hydrogen) atoms. The van der Waals surface area contributed by atoms with E-state index in [1.807, 2.05) is 0 Å². The molecule has 112 valence electrons. The van der Waals surface area contributed by atoms with Crippen LogP contribution in [0.1, 0.15) is 46.5 Å². The molecule has 2 rings (SSSR count). The van der Waals surface area contributed by atoms with Crippen LogP contribution in [0.4, 0.5) is 0 Å². The molecular weight excluding hydrogens is 234 g/mol. The number of hydrogen-bond donors (Lipinski definition) is 1. The zero-order valence-electron chi connectivity index (χ0n) is 13.2. The van der Waals surface area contributed by atoms with E-state index in [4.69, 9.17) is 0 Å². The van der Waals surface area contributed by atoms with E-state index in [2.05, 4.69) is 35.9 Å². The van der Waals surface area contributed by atoms with Crippen molar-refractivity contribution in [3.8, 4) is 0 Å².